The van der Waals surface area contributed by atoms with Crippen LogP contribution in [0.1, 0.15) is 30.0 Å². The van der Waals surface area contributed by atoms with Crippen molar-refractivity contribution in [2.75, 3.05) is 0 Å². The van der Waals surface area contributed by atoms with E-state index in [-0.39, 0.29) is 16.7 Å². The molecule has 0 radical (unpaired) electrons. The fourth-order valence-electron chi connectivity index (χ4n) is 2.88. The molecule has 6 heteroatoms. The molecular formula is C24H17F5O. The number of benzene rings is 3. The SMILES string of the molecule is CCCc1ccc(C#Cc2cc(F)c(-c3ccc(OC(F)(F)F)cc3)cc2F)cc1. The first-order valence-electron chi connectivity index (χ1n) is 9.21. The molecule has 0 N–H and O–H groups in total. The maximum Gasteiger partial charge on any atom is 0.573 e. The van der Waals surface area contributed by atoms with Crippen LogP contribution in [0.2, 0.25) is 0 Å². The summed E-state index contributed by atoms with van der Waals surface area (Å²) in [7, 11) is 0. The van der Waals surface area contributed by atoms with Gasteiger partial charge in [-0.15, -0.1) is 13.2 Å². The molecule has 154 valence electrons. The van der Waals surface area contributed by atoms with Crippen molar-refractivity contribution in [3.63, 3.8) is 0 Å². The monoisotopic (exact) mass is 416 g/mol. The van der Waals surface area contributed by atoms with E-state index in [1.807, 2.05) is 24.3 Å². The average molecular weight is 416 g/mol. The molecule has 0 saturated carbocycles. The Kier molecular flexibility index (Phi) is 6.41. The molecule has 3 aromatic carbocycles. The van der Waals surface area contributed by atoms with Gasteiger partial charge in [-0.25, -0.2) is 8.78 Å². The first-order valence-corrected chi connectivity index (χ1v) is 9.21. The molecule has 0 spiro atoms. The van der Waals surface area contributed by atoms with E-state index in [1.165, 1.54) is 17.7 Å². The van der Waals surface area contributed by atoms with E-state index in [1.54, 1.807) is 0 Å². The van der Waals surface area contributed by atoms with Crippen molar-refractivity contribution in [2.24, 2.45) is 0 Å². The lowest BCUT2D eigenvalue weighted by molar-refractivity contribution is -0.274. The second-order valence-corrected chi connectivity index (χ2v) is 6.58. The van der Waals surface area contributed by atoms with Gasteiger partial charge in [-0.1, -0.05) is 49.5 Å². The average Bonchev–Trinajstić information content (AvgIpc) is 2.69. The van der Waals surface area contributed by atoms with Gasteiger partial charge in [-0.2, -0.15) is 0 Å². The van der Waals surface area contributed by atoms with Crippen LogP contribution in [-0.2, 0) is 6.42 Å². The highest BCUT2D eigenvalue weighted by atomic mass is 19.4. The van der Waals surface area contributed by atoms with E-state index < -0.39 is 23.7 Å². The lowest BCUT2D eigenvalue weighted by atomic mass is 10.0. The highest BCUT2D eigenvalue weighted by molar-refractivity contribution is 5.66. The van der Waals surface area contributed by atoms with Crippen LogP contribution in [0.15, 0.2) is 60.7 Å². The molecule has 1 nitrogen and oxygen atoms in total. The third kappa shape index (κ3) is 5.60. The number of halogens is 5. The normalized spacial score (nSPS) is 11.0. The second kappa shape index (κ2) is 9.00. The van der Waals surface area contributed by atoms with Crippen LogP contribution in [0.3, 0.4) is 0 Å². The van der Waals surface area contributed by atoms with E-state index in [4.69, 9.17) is 0 Å². The summed E-state index contributed by atoms with van der Waals surface area (Å²) >= 11 is 0. The highest BCUT2D eigenvalue weighted by Gasteiger charge is 2.31. The molecule has 0 atom stereocenters. The largest absolute Gasteiger partial charge is 0.573 e. The van der Waals surface area contributed by atoms with Gasteiger partial charge in [0.15, 0.2) is 0 Å². The predicted molar refractivity (Wildman–Crippen MR) is 105 cm³/mol. The second-order valence-electron chi connectivity index (χ2n) is 6.58. The summed E-state index contributed by atoms with van der Waals surface area (Å²) < 4.78 is 69.4. The van der Waals surface area contributed by atoms with Crippen molar-refractivity contribution < 1.29 is 26.7 Å². The quantitative estimate of drug-likeness (QED) is 0.333. The van der Waals surface area contributed by atoms with Gasteiger partial charge in [0, 0.05) is 11.1 Å². The number of alkyl halides is 3. The predicted octanol–water partition coefficient (Wildman–Crippen LogP) is 6.88. The minimum atomic E-state index is -4.82. The van der Waals surface area contributed by atoms with Gasteiger partial charge >= 0.3 is 6.36 Å². The third-order valence-electron chi connectivity index (χ3n) is 4.29. The summed E-state index contributed by atoms with van der Waals surface area (Å²) in [6, 6.07) is 14.0. The Morgan fingerprint density at radius 3 is 2.10 bits per heavy atom. The van der Waals surface area contributed by atoms with Gasteiger partial charge < -0.3 is 4.74 Å². The minimum absolute atomic E-state index is 0.0828. The molecule has 0 aromatic heterocycles. The number of aryl methyl sites for hydroxylation is 1. The lowest BCUT2D eigenvalue weighted by Gasteiger charge is -2.10. The van der Waals surface area contributed by atoms with Gasteiger partial charge in [0.25, 0.3) is 0 Å². The molecule has 0 unspecified atom stereocenters. The van der Waals surface area contributed by atoms with Crippen molar-refractivity contribution in [1.29, 1.82) is 0 Å². The Hall–Kier alpha value is -3.33. The summed E-state index contributed by atoms with van der Waals surface area (Å²) in [5.41, 5.74) is 1.88. The topological polar surface area (TPSA) is 9.23 Å². The summed E-state index contributed by atoms with van der Waals surface area (Å²) in [4.78, 5) is 0. The lowest BCUT2D eigenvalue weighted by Crippen LogP contribution is -2.16. The van der Waals surface area contributed by atoms with Crippen LogP contribution in [0, 0.1) is 23.5 Å². The van der Waals surface area contributed by atoms with Crippen LogP contribution in [-0.4, -0.2) is 6.36 Å². The van der Waals surface area contributed by atoms with Gasteiger partial charge in [0.2, 0.25) is 0 Å². The third-order valence-corrected chi connectivity index (χ3v) is 4.29. The van der Waals surface area contributed by atoms with Crippen LogP contribution >= 0.6 is 0 Å². The first kappa shape index (κ1) is 21.4. The van der Waals surface area contributed by atoms with Gasteiger partial charge in [0.1, 0.15) is 17.4 Å². The fourth-order valence-corrected chi connectivity index (χ4v) is 2.88. The van der Waals surface area contributed by atoms with Crippen molar-refractivity contribution in [2.45, 2.75) is 26.1 Å². The van der Waals surface area contributed by atoms with Gasteiger partial charge in [0.05, 0.1) is 5.56 Å². The number of rotatable bonds is 4. The number of hydrogen-bond acceptors (Lipinski definition) is 1. The van der Waals surface area contributed by atoms with Crippen LogP contribution in [0.5, 0.6) is 5.75 Å². The Labute approximate surface area is 171 Å². The van der Waals surface area contributed by atoms with Crippen molar-refractivity contribution in [1.82, 2.24) is 0 Å². The standard InChI is InChI=1S/C24H17F5O/c1-2-3-16-4-6-17(7-5-16)8-9-19-14-23(26)21(15-22(19)25)18-10-12-20(13-11-18)30-24(27,28)29/h4-7,10-15H,2-3H2,1H3. The highest BCUT2D eigenvalue weighted by Crippen LogP contribution is 2.29. The van der Waals surface area contributed by atoms with Crippen molar-refractivity contribution >= 4 is 0 Å². The molecule has 0 aliphatic heterocycles. The Balaban J connectivity index is 1.82. The fraction of sp³-hybridized carbons (Fsp3) is 0.167. The molecular weight excluding hydrogens is 399 g/mol. The van der Waals surface area contributed by atoms with E-state index in [0.29, 0.717) is 5.56 Å². The number of hydrogen-bond donors (Lipinski definition) is 0. The molecule has 30 heavy (non-hydrogen) atoms. The molecule has 0 heterocycles. The van der Waals surface area contributed by atoms with Gasteiger partial charge in [-0.05, 0) is 53.9 Å². The first-order chi connectivity index (χ1) is 14.2. The zero-order chi connectivity index (χ0) is 21.7. The van der Waals surface area contributed by atoms with Gasteiger partial charge in [-0.3, -0.25) is 0 Å². The summed E-state index contributed by atoms with van der Waals surface area (Å²) in [6.07, 6.45) is -2.84. The van der Waals surface area contributed by atoms with Crippen molar-refractivity contribution in [3.05, 3.63) is 89.0 Å². The van der Waals surface area contributed by atoms with Crippen LogP contribution < -0.4 is 4.74 Å². The minimum Gasteiger partial charge on any atom is -0.406 e. The summed E-state index contributed by atoms with van der Waals surface area (Å²) in [5.74, 6) is 3.53. The summed E-state index contributed by atoms with van der Waals surface area (Å²) in [5, 5.41) is 0. The zero-order valence-corrected chi connectivity index (χ0v) is 16.0. The molecule has 3 aromatic rings. The van der Waals surface area contributed by atoms with Crippen molar-refractivity contribution in [3.8, 4) is 28.7 Å². The van der Waals surface area contributed by atoms with E-state index in [9.17, 15) is 22.0 Å². The van der Waals surface area contributed by atoms with E-state index in [2.05, 4.69) is 23.5 Å². The van der Waals surface area contributed by atoms with Crippen LogP contribution in [0.4, 0.5) is 22.0 Å². The zero-order valence-electron chi connectivity index (χ0n) is 16.0. The Morgan fingerprint density at radius 1 is 0.833 bits per heavy atom. The Morgan fingerprint density at radius 2 is 1.50 bits per heavy atom. The molecule has 0 aliphatic carbocycles. The number of ether oxygens (including phenoxy) is 1. The molecule has 0 bridgehead atoms. The smallest absolute Gasteiger partial charge is 0.406 e. The van der Waals surface area contributed by atoms with Crippen LogP contribution in [0.25, 0.3) is 11.1 Å². The molecule has 0 amide bonds. The maximum atomic E-state index is 14.5. The van der Waals surface area contributed by atoms with E-state index >= 15 is 0 Å². The molecule has 3 rings (SSSR count). The molecule has 0 saturated heterocycles. The summed E-state index contributed by atoms with van der Waals surface area (Å²) in [6.45, 7) is 2.08. The Bertz CT molecular complexity index is 1070. The molecule has 0 aliphatic rings. The molecule has 0 fully saturated rings. The maximum absolute atomic E-state index is 14.5. The van der Waals surface area contributed by atoms with E-state index in [0.717, 1.165) is 37.1 Å².